The maximum Gasteiger partial charge on any atom is 0.414 e. The van der Waals surface area contributed by atoms with Crippen LogP contribution in [0.1, 0.15) is 39.0 Å². The summed E-state index contributed by atoms with van der Waals surface area (Å²) >= 11 is 0. The molecule has 1 unspecified atom stereocenters. The predicted octanol–water partition coefficient (Wildman–Crippen LogP) is 1.45. The van der Waals surface area contributed by atoms with Gasteiger partial charge in [0.25, 0.3) is 0 Å². The van der Waals surface area contributed by atoms with Gasteiger partial charge in [0.2, 0.25) is 11.8 Å². The summed E-state index contributed by atoms with van der Waals surface area (Å²) in [4.78, 5) is 24.8. The van der Waals surface area contributed by atoms with Crippen LogP contribution < -0.4 is 5.32 Å². The van der Waals surface area contributed by atoms with Crippen molar-refractivity contribution in [3.8, 4) is 0 Å². The fourth-order valence-electron chi connectivity index (χ4n) is 2.46. The Kier molecular flexibility index (Phi) is 7.12. The number of aliphatic hydroxyl groups excluding tert-OH is 1. The molecule has 1 atom stereocenters. The van der Waals surface area contributed by atoms with E-state index in [2.05, 4.69) is 5.32 Å². The fraction of sp³-hybridized carbons (Fsp3) is 0.857. The summed E-state index contributed by atoms with van der Waals surface area (Å²) in [5.74, 6) is -1.29. The molecule has 0 aromatic heterocycles. The number of rotatable bonds is 6. The van der Waals surface area contributed by atoms with Gasteiger partial charge in [0, 0.05) is 32.5 Å². The van der Waals surface area contributed by atoms with Crippen LogP contribution in [0.2, 0.25) is 0 Å². The van der Waals surface area contributed by atoms with E-state index in [0.717, 1.165) is 6.42 Å². The number of hydrogen-bond acceptors (Lipinski definition) is 3. The van der Waals surface area contributed by atoms with E-state index in [1.165, 1.54) is 4.90 Å². The molecule has 0 aromatic carbocycles. The first-order chi connectivity index (χ1) is 10.3. The summed E-state index contributed by atoms with van der Waals surface area (Å²) in [7, 11) is 0. The Bertz CT molecular complexity index is 380. The van der Waals surface area contributed by atoms with Gasteiger partial charge >= 0.3 is 6.18 Å². The lowest BCUT2D eigenvalue weighted by Crippen LogP contribution is -2.45. The van der Waals surface area contributed by atoms with Crippen molar-refractivity contribution in [2.24, 2.45) is 5.92 Å². The summed E-state index contributed by atoms with van der Waals surface area (Å²) < 4.78 is 37.3. The molecular weight excluding hydrogens is 301 g/mol. The van der Waals surface area contributed by atoms with E-state index in [-0.39, 0.29) is 50.6 Å². The standard InChI is InChI=1S/C14H23F3N2O3/c1-2-7-18-11(20)3-4-12(21)19-8-5-10(6-9-19)13(22)14(15,16)17/h10,13,22H,2-9H2,1H3,(H,18,20). The summed E-state index contributed by atoms with van der Waals surface area (Å²) in [6.07, 6.45) is -5.75. The van der Waals surface area contributed by atoms with Crippen LogP contribution in [0, 0.1) is 5.92 Å². The van der Waals surface area contributed by atoms with E-state index in [0.29, 0.717) is 6.54 Å². The molecule has 0 saturated carbocycles. The Labute approximate surface area is 127 Å². The van der Waals surface area contributed by atoms with Crippen molar-refractivity contribution in [3.63, 3.8) is 0 Å². The minimum atomic E-state index is -4.62. The van der Waals surface area contributed by atoms with E-state index in [1.54, 1.807) is 0 Å². The number of likely N-dealkylation sites (tertiary alicyclic amines) is 1. The summed E-state index contributed by atoms with van der Waals surface area (Å²) in [5.41, 5.74) is 0. The lowest BCUT2D eigenvalue weighted by molar-refractivity contribution is -0.222. The van der Waals surface area contributed by atoms with Gasteiger partial charge in [0.05, 0.1) is 0 Å². The minimum absolute atomic E-state index is 0.0576. The van der Waals surface area contributed by atoms with Crippen molar-refractivity contribution in [2.45, 2.75) is 51.3 Å². The van der Waals surface area contributed by atoms with Crippen molar-refractivity contribution in [1.82, 2.24) is 10.2 Å². The Morgan fingerprint density at radius 3 is 2.36 bits per heavy atom. The number of carbonyl (C=O) groups is 2. The number of nitrogens with zero attached hydrogens (tertiary/aromatic N) is 1. The molecule has 1 aliphatic heterocycles. The normalized spacial score (nSPS) is 18.1. The van der Waals surface area contributed by atoms with E-state index < -0.39 is 18.2 Å². The molecule has 2 amide bonds. The molecule has 0 aliphatic carbocycles. The monoisotopic (exact) mass is 324 g/mol. The van der Waals surface area contributed by atoms with Gasteiger partial charge in [0.1, 0.15) is 0 Å². The van der Waals surface area contributed by atoms with Crippen LogP contribution in [0.3, 0.4) is 0 Å². The molecule has 1 saturated heterocycles. The van der Waals surface area contributed by atoms with Crippen LogP contribution in [0.4, 0.5) is 13.2 Å². The number of carbonyl (C=O) groups excluding carboxylic acids is 2. The van der Waals surface area contributed by atoms with Gasteiger partial charge in [-0.25, -0.2) is 0 Å². The first-order valence-corrected chi connectivity index (χ1v) is 7.55. The van der Waals surface area contributed by atoms with Crippen molar-refractivity contribution in [2.75, 3.05) is 19.6 Å². The quantitative estimate of drug-likeness (QED) is 0.777. The molecule has 5 nitrogen and oxygen atoms in total. The average Bonchev–Trinajstić information content (AvgIpc) is 2.49. The molecule has 0 bridgehead atoms. The van der Waals surface area contributed by atoms with Crippen molar-refractivity contribution < 1.29 is 27.9 Å². The van der Waals surface area contributed by atoms with Crippen LogP contribution in [-0.4, -0.2) is 53.7 Å². The third-order valence-corrected chi connectivity index (χ3v) is 3.81. The molecule has 0 aromatic rings. The Balaban J connectivity index is 2.32. The van der Waals surface area contributed by atoms with Gasteiger partial charge < -0.3 is 15.3 Å². The molecule has 1 fully saturated rings. The second-order valence-corrected chi connectivity index (χ2v) is 5.55. The molecule has 1 heterocycles. The van der Waals surface area contributed by atoms with Crippen molar-refractivity contribution in [1.29, 1.82) is 0 Å². The molecular formula is C14H23F3N2O3. The van der Waals surface area contributed by atoms with Crippen molar-refractivity contribution in [3.05, 3.63) is 0 Å². The highest BCUT2D eigenvalue weighted by atomic mass is 19.4. The van der Waals surface area contributed by atoms with Crippen LogP contribution >= 0.6 is 0 Å². The third-order valence-electron chi connectivity index (χ3n) is 3.81. The highest BCUT2D eigenvalue weighted by Gasteiger charge is 2.44. The molecule has 1 aliphatic rings. The largest absolute Gasteiger partial charge is 0.414 e. The number of amides is 2. The second-order valence-electron chi connectivity index (χ2n) is 5.55. The zero-order chi connectivity index (χ0) is 16.8. The van der Waals surface area contributed by atoms with Gasteiger partial charge in [-0.3, -0.25) is 9.59 Å². The predicted molar refractivity (Wildman–Crippen MR) is 73.9 cm³/mol. The number of piperidine rings is 1. The first kappa shape index (κ1) is 18.7. The van der Waals surface area contributed by atoms with Crippen LogP contribution in [-0.2, 0) is 9.59 Å². The molecule has 8 heteroatoms. The lowest BCUT2D eigenvalue weighted by Gasteiger charge is -2.34. The molecule has 1 rings (SSSR count). The summed E-state index contributed by atoms with van der Waals surface area (Å²) in [6.45, 7) is 2.86. The molecule has 0 spiro atoms. The SMILES string of the molecule is CCCNC(=O)CCC(=O)N1CCC(C(O)C(F)(F)F)CC1. The number of aliphatic hydroxyl groups is 1. The number of nitrogens with one attached hydrogen (secondary N) is 1. The highest BCUT2D eigenvalue weighted by Crippen LogP contribution is 2.31. The minimum Gasteiger partial charge on any atom is -0.383 e. The number of halogens is 3. The van der Waals surface area contributed by atoms with Gasteiger partial charge in [-0.1, -0.05) is 6.92 Å². The first-order valence-electron chi connectivity index (χ1n) is 7.55. The topological polar surface area (TPSA) is 69.6 Å². The van der Waals surface area contributed by atoms with Gasteiger partial charge in [-0.2, -0.15) is 13.2 Å². The number of hydrogen-bond donors (Lipinski definition) is 2. The van der Waals surface area contributed by atoms with Crippen LogP contribution in [0.15, 0.2) is 0 Å². The maximum absolute atomic E-state index is 12.4. The Morgan fingerprint density at radius 1 is 1.27 bits per heavy atom. The van der Waals surface area contributed by atoms with E-state index in [4.69, 9.17) is 0 Å². The van der Waals surface area contributed by atoms with Crippen molar-refractivity contribution >= 4 is 11.8 Å². The van der Waals surface area contributed by atoms with Gasteiger partial charge in [0.15, 0.2) is 6.10 Å². The molecule has 2 N–H and O–H groups in total. The Hall–Kier alpha value is -1.31. The van der Waals surface area contributed by atoms with Gasteiger partial charge in [-0.05, 0) is 25.2 Å². The van der Waals surface area contributed by atoms with E-state index >= 15 is 0 Å². The third kappa shape index (κ3) is 5.82. The highest BCUT2D eigenvalue weighted by molar-refractivity contribution is 5.83. The van der Waals surface area contributed by atoms with E-state index in [9.17, 15) is 27.9 Å². The number of alkyl halides is 3. The van der Waals surface area contributed by atoms with Gasteiger partial charge in [-0.15, -0.1) is 0 Å². The maximum atomic E-state index is 12.4. The lowest BCUT2D eigenvalue weighted by atomic mass is 9.90. The second kappa shape index (κ2) is 8.36. The smallest absolute Gasteiger partial charge is 0.383 e. The molecule has 22 heavy (non-hydrogen) atoms. The summed E-state index contributed by atoms with van der Waals surface area (Å²) in [5, 5.41) is 11.9. The zero-order valence-electron chi connectivity index (χ0n) is 12.7. The van der Waals surface area contributed by atoms with E-state index in [1.807, 2.05) is 6.92 Å². The fourth-order valence-corrected chi connectivity index (χ4v) is 2.46. The molecule has 0 radical (unpaired) electrons. The molecule has 128 valence electrons. The average molecular weight is 324 g/mol. The Morgan fingerprint density at radius 2 is 1.86 bits per heavy atom. The van der Waals surface area contributed by atoms with Crippen LogP contribution in [0.5, 0.6) is 0 Å². The van der Waals surface area contributed by atoms with Crippen LogP contribution in [0.25, 0.3) is 0 Å². The zero-order valence-corrected chi connectivity index (χ0v) is 12.7. The summed E-state index contributed by atoms with van der Waals surface area (Å²) in [6, 6.07) is 0.